The second-order valence-corrected chi connectivity index (χ2v) is 5.50. The Balaban J connectivity index is 2.68. The molecule has 7 nitrogen and oxygen atoms in total. The van der Waals surface area contributed by atoms with E-state index in [-0.39, 0.29) is 19.6 Å². The number of methoxy groups -OCH3 is 2. The molecule has 1 heterocycles. The van der Waals surface area contributed by atoms with E-state index < -0.39 is 17.5 Å². The maximum absolute atomic E-state index is 12.6. The first-order valence-electron chi connectivity index (χ1n) is 8.10. The van der Waals surface area contributed by atoms with Gasteiger partial charge < -0.3 is 18.9 Å². The van der Waals surface area contributed by atoms with Gasteiger partial charge in [-0.25, -0.2) is 9.59 Å². The zero-order chi connectivity index (χ0) is 18.6. The van der Waals surface area contributed by atoms with E-state index >= 15 is 0 Å². The number of hydrogen-bond acceptors (Lipinski definition) is 7. The van der Waals surface area contributed by atoms with Gasteiger partial charge in [-0.2, -0.15) is 0 Å². The van der Waals surface area contributed by atoms with Crippen molar-refractivity contribution in [3.05, 3.63) is 23.3 Å². The van der Waals surface area contributed by atoms with Crippen molar-refractivity contribution in [1.82, 2.24) is 0 Å². The van der Waals surface area contributed by atoms with Crippen molar-refractivity contribution in [3.63, 3.8) is 0 Å². The molecule has 1 aliphatic rings. The van der Waals surface area contributed by atoms with Gasteiger partial charge in [-0.05, 0) is 32.9 Å². The lowest BCUT2D eigenvalue weighted by Crippen LogP contribution is -2.51. The molecule has 1 aliphatic heterocycles. The highest BCUT2D eigenvalue weighted by Crippen LogP contribution is 2.39. The Bertz CT molecular complexity index is 692. The van der Waals surface area contributed by atoms with E-state index in [4.69, 9.17) is 18.9 Å². The molecule has 0 spiro atoms. The molecule has 7 heteroatoms. The molecule has 1 aromatic carbocycles. The van der Waals surface area contributed by atoms with E-state index in [2.05, 4.69) is 4.99 Å². The summed E-state index contributed by atoms with van der Waals surface area (Å²) in [7, 11) is 3.08. The maximum atomic E-state index is 12.6. The van der Waals surface area contributed by atoms with Gasteiger partial charge in [-0.1, -0.05) is 0 Å². The van der Waals surface area contributed by atoms with Crippen molar-refractivity contribution in [2.45, 2.75) is 32.7 Å². The highest BCUT2D eigenvalue weighted by molar-refractivity contribution is 6.13. The average Bonchev–Trinajstić information content (AvgIpc) is 2.60. The lowest BCUT2D eigenvalue weighted by molar-refractivity contribution is -0.163. The summed E-state index contributed by atoms with van der Waals surface area (Å²) < 4.78 is 21.1. The van der Waals surface area contributed by atoms with E-state index in [1.807, 2.05) is 0 Å². The van der Waals surface area contributed by atoms with Crippen molar-refractivity contribution >= 4 is 17.7 Å². The molecule has 136 valence electrons. The third-order valence-electron chi connectivity index (χ3n) is 4.05. The Morgan fingerprint density at radius 2 is 1.56 bits per heavy atom. The van der Waals surface area contributed by atoms with Crippen molar-refractivity contribution in [2.24, 2.45) is 4.99 Å². The Morgan fingerprint density at radius 3 is 2.04 bits per heavy atom. The van der Waals surface area contributed by atoms with Gasteiger partial charge >= 0.3 is 11.9 Å². The van der Waals surface area contributed by atoms with E-state index in [9.17, 15) is 9.59 Å². The van der Waals surface area contributed by atoms with Gasteiger partial charge in [-0.15, -0.1) is 0 Å². The van der Waals surface area contributed by atoms with Gasteiger partial charge in [0.15, 0.2) is 0 Å². The van der Waals surface area contributed by atoms with Crippen molar-refractivity contribution in [2.75, 3.05) is 27.4 Å². The maximum Gasteiger partial charge on any atom is 0.346 e. The number of carbonyl (C=O) groups excluding carboxylic acids is 2. The highest BCUT2D eigenvalue weighted by atomic mass is 16.6. The summed E-state index contributed by atoms with van der Waals surface area (Å²) in [4.78, 5) is 29.7. The van der Waals surface area contributed by atoms with Gasteiger partial charge in [0.05, 0.1) is 27.4 Å². The number of ether oxygens (including phenoxy) is 4. The fourth-order valence-electron chi connectivity index (χ4n) is 3.00. The molecular formula is C18H23NO6. The number of hydrogen-bond donors (Lipinski definition) is 0. The smallest absolute Gasteiger partial charge is 0.346 e. The van der Waals surface area contributed by atoms with E-state index in [1.165, 1.54) is 7.11 Å². The molecule has 2 rings (SSSR count). The second kappa shape index (κ2) is 7.55. The molecule has 0 radical (unpaired) electrons. The van der Waals surface area contributed by atoms with Crippen LogP contribution in [0.3, 0.4) is 0 Å². The molecule has 0 aromatic heterocycles. The van der Waals surface area contributed by atoms with Crippen LogP contribution in [0, 0.1) is 0 Å². The van der Waals surface area contributed by atoms with Crippen LogP contribution in [0.15, 0.2) is 17.1 Å². The van der Waals surface area contributed by atoms with Gasteiger partial charge in [0.2, 0.25) is 0 Å². The summed E-state index contributed by atoms with van der Waals surface area (Å²) in [6.07, 6.45) is -0.0162. The van der Waals surface area contributed by atoms with Crippen molar-refractivity contribution in [1.29, 1.82) is 0 Å². The zero-order valence-corrected chi connectivity index (χ0v) is 15.2. The van der Waals surface area contributed by atoms with Crippen molar-refractivity contribution in [3.8, 4) is 11.5 Å². The van der Waals surface area contributed by atoms with E-state index in [0.717, 1.165) is 0 Å². The second-order valence-electron chi connectivity index (χ2n) is 5.50. The van der Waals surface area contributed by atoms with Crippen LogP contribution in [0.5, 0.6) is 11.5 Å². The van der Waals surface area contributed by atoms with Gasteiger partial charge in [0, 0.05) is 23.3 Å². The van der Waals surface area contributed by atoms with Gasteiger partial charge in [-0.3, -0.25) is 4.99 Å². The SMILES string of the molecule is CCOC(=O)C1(C(=O)OCC)Cc2c(OC)ccc(OC)c2C(C)=N1. The van der Waals surface area contributed by atoms with Crippen LogP contribution in [0.2, 0.25) is 0 Å². The molecule has 0 N–H and O–H groups in total. The normalized spacial score (nSPS) is 14.8. The lowest BCUT2D eigenvalue weighted by atomic mass is 9.83. The fourth-order valence-corrected chi connectivity index (χ4v) is 3.00. The Morgan fingerprint density at radius 1 is 1.04 bits per heavy atom. The Labute approximate surface area is 146 Å². The standard InChI is InChI=1S/C18H23NO6/c1-6-24-16(20)18(17(21)25-7-2)10-12-13(22-4)8-9-14(23-5)15(12)11(3)19-18/h8-9H,6-7,10H2,1-5H3. The topological polar surface area (TPSA) is 83.4 Å². The van der Waals surface area contributed by atoms with Gasteiger partial charge in [0.25, 0.3) is 5.54 Å². The molecule has 0 saturated heterocycles. The largest absolute Gasteiger partial charge is 0.496 e. The Hall–Kier alpha value is -2.57. The summed E-state index contributed by atoms with van der Waals surface area (Å²) in [6.45, 7) is 5.34. The van der Waals surface area contributed by atoms with E-state index in [0.29, 0.717) is 28.3 Å². The first-order chi connectivity index (χ1) is 11.9. The molecule has 25 heavy (non-hydrogen) atoms. The molecule has 0 bridgehead atoms. The molecule has 0 saturated carbocycles. The fraction of sp³-hybridized carbons (Fsp3) is 0.500. The van der Waals surface area contributed by atoms with Crippen LogP contribution in [0.25, 0.3) is 0 Å². The first kappa shape index (κ1) is 18.8. The molecule has 0 fully saturated rings. The molecule has 1 aromatic rings. The van der Waals surface area contributed by atoms with Crippen LogP contribution in [-0.4, -0.2) is 50.6 Å². The summed E-state index contributed by atoms with van der Waals surface area (Å²) in [5, 5.41) is 0. The monoisotopic (exact) mass is 349 g/mol. The summed E-state index contributed by atoms with van der Waals surface area (Å²) >= 11 is 0. The predicted molar refractivity (Wildman–Crippen MR) is 91.5 cm³/mol. The van der Waals surface area contributed by atoms with Crippen LogP contribution in [0.4, 0.5) is 0 Å². The molecular weight excluding hydrogens is 326 g/mol. The molecule has 0 unspecified atom stereocenters. The van der Waals surface area contributed by atoms with Gasteiger partial charge in [0.1, 0.15) is 11.5 Å². The number of nitrogens with zero attached hydrogens (tertiary/aromatic N) is 1. The summed E-state index contributed by atoms with van der Waals surface area (Å²) in [5.74, 6) is -0.326. The lowest BCUT2D eigenvalue weighted by Gasteiger charge is -2.32. The molecule has 0 aliphatic carbocycles. The van der Waals surface area contributed by atoms with Crippen LogP contribution < -0.4 is 9.47 Å². The van der Waals surface area contributed by atoms with Crippen molar-refractivity contribution < 1.29 is 28.5 Å². The summed E-state index contributed by atoms with van der Waals surface area (Å²) in [6, 6.07) is 3.50. The number of esters is 2. The molecule has 0 amide bonds. The third kappa shape index (κ3) is 3.18. The third-order valence-corrected chi connectivity index (χ3v) is 4.05. The first-order valence-corrected chi connectivity index (χ1v) is 8.10. The minimum absolute atomic E-state index is 0.0162. The Kier molecular flexibility index (Phi) is 5.66. The zero-order valence-electron chi connectivity index (χ0n) is 15.2. The van der Waals surface area contributed by atoms with Crippen LogP contribution >= 0.6 is 0 Å². The number of rotatable bonds is 6. The quantitative estimate of drug-likeness (QED) is 0.576. The van der Waals surface area contributed by atoms with E-state index in [1.54, 1.807) is 40.0 Å². The molecule has 0 atom stereocenters. The average molecular weight is 349 g/mol. The highest BCUT2D eigenvalue weighted by Gasteiger charge is 2.52. The number of aliphatic imine (C=N–C) groups is 1. The van der Waals surface area contributed by atoms with Crippen LogP contribution in [-0.2, 0) is 25.5 Å². The minimum Gasteiger partial charge on any atom is -0.496 e. The van der Waals surface area contributed by atoms with Crippen LogP contribution in [0.1, 0.15) is 31.9 Å². The number of fused-ring (bicyclic) bond motifs is 1. The number of carbonyl (C=O) groups is 2. The number of benzene rings is 1. The predicted octanol–water partition coefficient (Wildman–Crippen LogP) is 1.93. The minimum atomic E-state index is -1.78. The summed E-state index contributed by atoms with van der Waals surface area (Å²) in [5.41, 5.74) is 0.0857.